The molecule has 114 valence electrons. The molecule has 0 spiro atoms. The number of aliphatic carboxylic acids is 1. The molecule has 0 bridgehead atoms. The molecule has 0 aliphatic rings. The maximum absolute atomic E-state index is 11.7. The van der Waals surface area contributed by atoms with Crippen LogP contribution in [0.1, 0.15) is 24.5 Å². The van der Waals surface area contributed by atoms with Gasteiger partial charge < -0.3 is 10.4 Å². The van der Waals surface area contributed by atoms with Crippen molar-refractivity contribution in [1.29, 1.82) is 0 Å². The van der Waals surface area contributed by atoms with Gasteiger partial charge in [0, 0.05) is 6.08 Å². The molecule has 1 aromatic rings. The summed E-state index contributed by atoms with van der Waals surface area (Å²) < 4.78 is 0. The van der Waals surface area contributed by atoms with Crippen molar-refractivity contribution in [1.82, 2.24) is 5.32 Å². The average Bonchev–Trinajstić information content (AvgIpc) is 2.49. The Morgan fingerprint density at radius 1 is 1.33 bits per heavy atom. The molecular formula is C16H21NO3S. The summed E-state index contributed by atoms with van der Waals surface area (Å²) in [5.41, 5.74) is 2.15. The molecule has 4 nitrogen and oxygen atoms in total. The molecule has 2 N–H and O–H groups in total. The summed E-state index contributed by atoms with van der Waals surface area (Å²) >= 11 is 1.56. The maximum Gasteiger partial charge on any atom is 0.326 e. The predicted molar refractivity (Wildman–Crippen MR) is 87.4 cm³/mol. The standard InChI is InChI=1S/C16H21NO3S/c1-3-12-4-6-13(7-5-12)8-9-15(18)17-14(16(19)20)10-11-21-2/h4-9,14H,3,10-11H2,1-2H3,(H,17,18)(H,19,20)/b9-8+/t14-/m0/s1. The van der Waals surface area contributed by atoms with Crippen molar-refractivity contribution < 1.29 is 14.7 Å². The molecule has 1 amide bonds. The minimum Gasteiger partial charge on any atom is -0.480 e. The number of carboxylic acids is 1. The van der Waals surface area contributed by atoms with Crippen LogP contribution in [0, 0.1) is 0 Å². The van der Waals surface area contributed by atoms with Crippen molar-refractivity contribution in [3.63, 3.8) is 0 Å². The van der Waals surface area contributed by atoms with Gasteiger partial charge in [-0.3, -0.25) is 4.79 Å². The van der Waals surface area contributed by atoms with Gasteiger partial charge in [0.05, 0.1) is 0 Å². The maximum atomic E-state index is 11.7. The lowest BCUT2D eigenvalue weighted by Gasteiger charge is -2.12. The van der Waals surface area contributed by atoms with Gasteiger partial charge in [-0.1, -0.05) is 31.2 Å². The number of carbonyl (C=O) groups excluding carboxylic acids is 1. The van der Waals surface area contributed by atoms with Crippen molar-refractivity contribution in [3.05, 3.63) is 41.5 Å². The minimum absolute atomic E-state index is 0.386. The van der Waals surface area contributed by atoms with E-state index in [0.29, 0.717) is 12.2 Å². The van der Waals surface area contributed by atoms with Crippen LogP contribution in [0.3, 0.4) is 0 Å². The van der Waals surface area contributed by atoms with E-state index in [2.05, 4.69) is 12.2 Å². The van der Waals surface area contributed by atoms with Gasteiger partial charge in [0.2, 0.25) is 5.91 Å². The smallest absolute Gasteiger partial charge is 0.326 e. The minimum atomic E-state index is -1.00. The molecule has 0 aromatic heterocycles. The predicted octanol–water partition coefficient (Wildman–Crippen LogP) is 2.58. The van der Waals surface area contributed by atoms with Crippen LogP contribution in [0.4, 0.5) is 0 Å². The Kier molecular flexibility index (Phi) is 7.61. The second-order valence-electron chi connectivity index (χ2n) is 4.61. The summed E-state index contributed by atoms with van der Waals surface area (Å²) in [5.74, 6) is -0.694. The van der Waals surface area contributed by atoms with Crippen LogP contribution in [0.25, 0.3) is 6.08 Å². The highest BCUT2D eigenvalue weighted by molar-refractivity contribution is 7.98. The molecule has 0 heterocycles. The quantitative estimate of drug-likeness (QED) is 0.725. The van der Waals surface area contributed by atoms with E-state index in [0.717, 1.165) is 12.0 Å². The average molecular weight is 307 g/mol. The zero-order chi connectivity index (χ0) is 15.7. The Labute approximate surface area is 129 Å². The molecule has 1 aromatic carbocycles. The summed E-state index contributed by atoms with van der Waals surface area (Å²) in [4.78, 5) is 22.8. The van der Waals surface area contributed by atoms with E-state index in [1.54, 1.807) is 17.8 Å². The van der Waals surface area contributed by atoms with Crippen molar-refractivity contribution in [2.75, 3.05) is 12.0 Å². The first-order valence-corrected chi connectivity index (χ1v) is 8.25. The van der Waals surface area contributed by atoms with Crippen molar-refractivity contribution >= 4 is 29.7 Å². The second-order valence-corrected chi connectivity index (χ2v) is 5.59. The van der Waals surface area contributed by atoms with Gasteiger partial charge in [0.25, 0.3) is 0 Å². The van der Waals surface area contributed by atoms with E-state index in [1.165, 1.54) is 11.6 Å². The molecule has 0 saturated carbocycles. The van der Waals surface area contributed by atoms with Crippen LogP contribution in [0.5, 0.6) is 0 Å². The van der Waals surface area contributed by atoms with E-state index in [9.17, 15) is 9.59 Å². The number of hydrogen-bond acceptors (Lipinski definition) is 3. The molecule has 0 saturated heterocycles. The first-order chi connectivity index (χ1) is 10.1. The highest BCUT2D eigenvalue weighted by atomic mass is 32.2. The molecule has 0 unspecified atom stereocenters. The molecule has 1 atom stereocenters. The molecule has 1 rings (SSSR count). The van der Waals surface area contributed by atoms with Gasteiger partial charge in [0.1, 0.15) is 6.04 Å². The summed E-state index contributed by atoms with van der Waals surface area (Å²) in [5, 5.41) is 11.5. The second kappa shape index (κ2) is 9.23. The van der Waals surface area contributed by atoms with Crippen LogP contribution < -0.4 is 5.32 Å². The summed E-state index contributed by atoms with van der Waals surface area (Å²) in [6.45, 7) is 2.08. The highest BCUT2D eigenvalue weighted by Crippen LogP contribution is 2.07. The van der Waals surface area contributed by atoms with Gasteiger partial charge in [-0.2, -0.15) is 11.8 Å². The van der Waals surface area contributed by atoms with Crippen LogP contribution >= 0.6 is 11.8 Å². The number of rotatable bonds is 8. The zero-order valence-corrected chi connectivity index (χ0v) is 13.2. The van der Waals surface area contributed by atoms with Gasteiger partial charge in [-0.05, 0) is 42.1 Å². The number of carboxylic acid groups (broad SMARTS) is 1. The SMILES string of the molecule is CCc1ccc(/C=C/C(=O)N[C@@H](CCSC)C(=O)O)cc1. The Balaban J connectivity index is 2.57. The summed E-state index contributed by atoms with van der Waals surface area (Å²) in [6, 6.07) is 7.06. The number of aryl methyl sites for hydroxylation is 1. The Hall–Kier alpha value is -1.75. The summed E-state index contributed by atoms with van der Waals surface area (Å²) in [6.07, 6.45) is 6.35. The Bertz CT molecular complexity index is 497. The Morgan fingerprint density at radius 3 is 2.52 bits per heavy atom. The monoisotopic (exact) mass is 307 g/mol. The largest absolute Gasteiger partial charge is 0.480 e. The number of hydrogen-bond donors (Lipinski definition) is 2. The number of benzene rings is 1. The fraction of sp³-hybridized carbons (Fsp3) is 0.375. The van der Waals surface area contributed by atoms with Crippen molar-refractivity contribution in [3.8, 4) is 0 Å². The molecule has 0 aliphatic heterocycles. The summed E-state index contributed by atoms with van der Waals surface area (Å²) in [7, 11) is 0. The number of carbonyl (C=O) groups is 2. The lowest BCUT2D eigenvalue weighted by molar-refractivity contribution is -0.141. The molecule has 0 radical (unpaired) electrons. The zero-order valence-electron chi connectivity index (χ0n) is 12.3. The van der Waals surface area contributed by atoms with E-state index in [4.69, 9.17) is 5.11 Å². The highest BCUT2D eigenvalue weighted by Gasteiger charge is 2.17. The number of thioether (sulfide) groups is 1. The molecule has 5 heteroatoms. The fourth-order valence-electron chi connectivity index (χ4n) is 1.75. The normalized spacial score (nSPS) is 12.3. The molecule has 0 fully saturated rings. The van der Waals surface area contributed by atoms with Crippen molar-refractivity contribution in [2.45, 2.75) is 25.8 Å². The van der Waals surface area contributed by atoms with Gasteiger partial charge in [0.15, 0.2) is 0 Å². The van der Waals surface area contributed by atoms with Crippen LogP contribution in [-0.4, -0.2) is 35.0 Å². The topological polar surface area (TPSA) is 66.4 Å². The van der Waals surface area contributed by atoms with Crippen molar-refractivity contribution in [2.24, 2.45) is 0 Å². The van der Waals surface area contributed by atoms with E-state index < -0.39 is 12.0 Å². The molecule has 0 aliphatic carbocycles. The van der Waals surface area contributed by atoms with Crippen LogP contribution in [-0.2, 0) is 16.0 Å². The van der Waals surface area contributed by atoms with Gasteiger partial charge in [-0.15, -0.1) is 0 Å². The van der Waals surface area contributed by atoms with E-state index in [1.807, 2.05) is 30.5 Å². The first-order valence-electron chi connectivity index (χ1n) is 6.86. The number of nitrogens with one attached hydrogen (secondary N) is 1. The third kappa shape index (κ3) is 6.49. The van der Waals surface area contributed by atoms with Crippen LogP contribution in [0.2, 0.25) is 0 Å². The third-order valence-electron chi connectivity index (χ3n) is 3.04. The Morgan fingerprint density at radius 2 is 2.00 bits per heavy atom. The molecule has 21 heavy (non-hydrogen) atoms. The third-order valence-corrected chi connectivity index (χ3v) is 3.68. The fourth-order valence-corrected chi connectivity index (χ4v) is 2.22. The molecular weight excluding hydrogens is 286 g/mol. The van der Waals surface area contributed by atoms with Crippen LogP contribution in [0.15, 0.2) is 30.3 Å². The number of amides is 1. The first kappa shape index (κ1) is 17.3. The van der Waals surface area contributed by atoms with Gasteiger partial charge >= 0.3 is 5.97 Å². The lowest BCUT2D eigenvalue weighted by Crippen LogP contribution is -2.40. The van der Waals surface area contributed by atoms with Gasteiger partial charge in [-0.25, -0.2) is 4.79 Å². The van der Waals surface area contributed by atoms with E-state index >= 15 is 0 Å². The van der Waals surface area contributed by atoms with E-state index in [-0.39, 0.29) is 5.91 Å². The lowest BCUT2D eigenvalue weighted by atomic mass is 10.1.